The molecule has 0 radical (unpaired) electrons. The molecule has 1 aliphatic rings. The highest BCUT2D eigenvalue weighted by molar-refractivity contribution is 5.99. The van der Waals surface area contributed by atoms with Crippen molar-refractivity contribution in [3.8, 4) is 0 Å². The summed E-state index contributed by atoms with van der Waals surface area (Å²) < 4.78 is 0. The van der Waals surface area contributed by atoms with Crippen molar-refractivity contribution in [2.75, 3.05) is 5.32 Å². The Hall–Kier alpha value is -3.39. The van der Waals surface area contributed by atoms with Crippen molar-refractivity contribution >= 4 is 17.7 Å². The van der Waals surface area contributed by atoms with Crippen molar-refractivity contribution < 1.29 is 4.79 Å². The molecule has 3 aromatic rings. The minimum atomic E-state index is -0.0904. The van der Waals surface area contributed by atoms with Crippen LogP contribution in [0.25, 0.3) is 6.08 Å². The number of rotatable bonds is 5. The zero-order valence-electron chi connectivity index (χ0n) is 17.6. The lowest BCUT2D eigenvalue weighted by Crippen LogP contribution is -2.08. The maximum absolute atomic E-state index is 12.3. The third kappa shape index (κ3) is 4.77. The number of carbonyl (C=O) groups excluding carboxylic acids is 1. The number of fused-ring (bicyclic) bond motifs is 1. The molecule has 0 aromatic heterocycles. The summed E-state index contributed by atoms with van der Waals surface area (Å²) in [5.41, 5.74) is 8.64. The molecule has 1 unspecified atom stereocenters. The lowest BCUT2D eigenvalue weighted by molar-refractivity contribution is -0.111. The van der Waals surface area contributed by atoms with Gasteiger partial charge < -0.3 is 5.32 Å². The SMILES string of the molecule is Cc1ccc(/C=C2\Cc3cc(NC(=O)/C=C\Cc4ccccc4)ccc3C2C)cc1. The van der Waals surface area contributed by atoms with E-state index in [-0.39, 0.29) is 5.91 Å². The highest BCUT2D eigenvalue weighted by Gasteiger charge is 2.23. The molecule has 150 valence electrons. The molecule has 1 aliphatic carbocycles. The van der Waals surface area contributed by atoms with E-state index in [1.807, 2.05) is 30.3 Å². The number of amides is 1. The average molecular weight is 394 g/mol. The second-order valence-corrected chi connectivity index (χ2v) is 8.02. The largest absolute Gasteiger partial charge is 0.323 e. The Morgan fingerprint density at radius 3 is 2.57 bits per heavy atom. The van der Waals surface area contributed by atoms with Crippen LogP contribution in [0.1, 0.15) is 40.7 Å². The minimum absolute atomic E-state index is 0.0904. The van der Waals surface area contributed by atoms with Gasteiger partial charge in [0.2, 0.25) is 5.91 Å². The second kappa shape index (κ2) is 8.96. The predicted molar refractivity (Wildman–Crippen MR) is 126 cm³/mol. The van der Waals surface area contributed by atoms with Crippen LogP contribution in [0, 0.1) is 6.92 Å². The molecule has 0 spiro atoms. The van der Waals surface area contributed by atoms with Gasteiger partial charge in [0.25, 0.3) is 0 Å². The Balaban J connectivity index is 1.41. The van der Waals surface area contributed by atoms with Crippen molar-refractivity contribution in [2.24, 2.45) is 0 Å². The van der Waals surface area contributed by atoms with E-state index in [1.165, 1.54) is 33.4 Å². The lowest BCUT2D eigenvalue weighted by atomic mass is 9.98. The molecule has 1 atom stereocenters. The molecule has 0 heterocycles. The average Bonchev–Trinajstić information content (AvgIpc) is 3.05. The normalized spacial score (nSPS) is 16.7. The molecule has 0 fully saturated rings. The van der Waals surface area contributed by atoms with Gasteiger partial charge in [-0.15, -0.1) is 0 Å². The zero-order chi connectivity index (χ0) is 20.9. The standard InChI is InChI=1S/C28H27NO/c1-20-11-13-23(14-12-20)17-24-18-25-19-26(15-16-27(25)21(24)2)29-28(30)10-6-9-22-7-4-3-5-8-22/h3-8,10-17,19,21H,9,18H2,1-2H3,(H,29,30)/b10-6-,24-17+. The third-order valence-electron chi connectivity index (χ3n) is 5.72. The van der Waals surface area contributed by atoms with E-state index in [4.69, 9.17) is 0 Å². The Labute approximate surface area is 179 Å². The molecule has 0 saturated heterocycles. The van der Waals surface area contributed by atoms with Crippen LogP contribution in [0.4, 0.5) is 5.69 Å². The summed E-state index contributed by atoms with van der Waals surface area (Å²) >= 11 is 0. The molecular formula is C28H27NO. The van der Waals surface area contributed by atoms with Crippen LogP contribution in [0.2, 0.25) is 0 Å². The van der Waals surface area contributed by atoms with Gasteiger partial charge in [-0.25, -0.2) is 0 Å². The second-order valence-electron chi connectivity index (χ2n) is 8.02. The number of hydrogen-bond donors (Lipinski definition) is 1. The summed E-state index contributed by atoms with van der Waals surface area (Å²) in [7, 11) is 0. The number of anilines is 1. The quantitative estimate of drug-likeness (QED) is 0.494. The number of nitrogens with one attached hydrogen (secondary N) is 1. The summed E-state index contributed by atoms with van der Waals surface area (Å²) in [6.45, 7) is 4.37. The Morgan fingerprint density at radius 1 is 1.03 bits per heavy atom. The number of benzene rings is 3. The molecule has 30 heavy (non-hydrogen) atoms. The maximum Gasteiger partial charge on any atom is 0.248 e. The van der Waals surface area contributed by atoms with Gasteiger partial charge in [0, 0.05) is 11.6 Å². The molecule has 0 saturated carbocycles. The highest BCUT2D eigenvalue weighted by Crippen LogP contribution is 2.39. The van der Waals surface area contributed by atoms with Crippen molar-refractivity contribution in [3.63, 3.8) is 0 Å². The van der Waals surface area contributed by atoms with Gasteiger partial charge in [-0.05, 0) is 60.2 Å². The van der Waals surface area contributed by atoms with Crippen LogP contribution >= 0.6 is 0 Å². The first kappa shape index (κ1) is 19.9. The van der Waals surface area contributed by atoms with E-state index < -0.39 is 0 Å². The van der Waals surface area contributed by atoms with Gasteiger partial charge in [-0.2, -0.15) is 0 Å². The minimum Gasteiger partial charge on any atom is -0.323 e. The molecule has 0 bridgehead atoms. The van der Waals surface area contributed by atoms with Gasteiger partial charge in [0.05, 0.1) is 0 Å². The lowest BCUT2D eigenvalue weighted by Gasteiger charge is -2.08. The Kier molecular flexibility index (Phi) is 5.94. The molecule has 1 N–H and O–H groups in total. The van der Waals surface area contributed by atoms with E-state index >= 15 is 0 Å². The summed E-state index contributed by atoms with van der Waals surface area (Å²) in [6.07, 6.45) is 7.50. The predicted octanol–water partition coefficient (Wildman–Crippen LogP) is 6.48. The van der Waals surface area contributed by atoms with E-state index in [0.29, 0.717) is 5.92 Å². The highest BCUT2D eigenvalue weighted by atomic mass is 16.1. The van der Waals surface area contributed by atoms with E-state index in [2.05, 4.69) is 73.8 Å². The fourth-order valence-electron chi connectivity index (χ4n) is 3.98. The fourth-order valence-corrected chi connectivity index (χ4v) is 3.98. The molecule has 4 rings (SSSR count). The first-order valence-electron chi connectivity index (χ1n) is 10.5. The summed E-state index contributed by atoms with van der Waals surface area (Å²) in [5, 5.41) is 3.00. The van der Waals surface area contributed by atoms with E-state index in [0.717, 1.165) is 18.5 Å². The van der Waals surface area contributed by atoms with Gasteiger partial charge in [0.1, 0.15) is 0 Å². The van der Waals surface area contributed by atoms with Gasteiger partial charge in [-0.3, -0.25) is 4.79 Å². The van der Waals surface area contributed by atoms with Crippen LogP contribution in [0.3, 0.4) is 0 Å². The molecule has 1 amide bonds. The van der Waals surface area contributed by atoms with Crippen molar-refractivity contribution in [2.45, 2.75) is 32.6 Å². The number of allylic oxidation sites excluding steroid dienone is 2. The zero-order valence-corrected chi connectivity index (χ0v) is 17.6. The number of carbonyl (C=O) groups is 1. The van der Waals surface area contributed by atoms with Crippen molar-refractivity contribution in [3.05, 3.63) is 118 Å². The summed E-state index contributed by atoms with van der Waals surface area (Å²) in [4.78, 5) is 12.3. The fraction of sp³-hybridized carbons (Fsp3) is 0.179. The molecule has 3 aromatic carbocycles. The van der Waals surface area contributed by atoms with Gasteiger partial charge in [0.15, 0.2) is 0 Å². The smallest absolute Gasteiger partial charge is 0.248 e. The maximum atomic E-state index is 12.3. The summed E-state index contributed by atoms with van der Waals surface area (Å²) in [6, 6.07) is 25.1. The van der Waals surface area contributed by atoms with Crippen molar-refractivity contribution in [1.29, 1.82) is 0 Å². The van der Waals surface area contributed by atoms with Crippen LogP contribution in [-0.4, -0.2) is 5.91 Å². The third-order valence-corrected chi connectivity index (χ3v) is 5.72. The Bertz CT molecular complexity index is 1090. The van der Waals surface area contributed by atoms with Crippen LogP contribution < -0.4 is 5.32 Å². The summed E-state index contributed by atoms with van der Waals surface area (Å²) in [5.74, 6) is 0.309. The number of hydrogen-bond acceptors (Lipinski definition) is 1. The van der Waals surface area contributed by atoms with Crippen LogP contribution in [0.15, 0.2) is 90.5 Å². The molecule has 2 heteroatoms. The van der Waals surface area contributed by atoms with Crippen molar-refractivity contribution in [1.82, 2.24) is 0 Å². The van der Waals surface area contributed by atoms with Crippen LogP contribution in [-0.2, 0) is 17.6 Å². The first-order valence-corrected chi connectivity index (χ1v) is 10.5. The molecule has 0 aliphatic heterocycles. The van der Waals surface area contributed by atoms with Crippen LogP contribution in [0.5, 0.6) is 0 Å². The Morgan fingerprint density at radius 2 is 1.80 bits per heavy atom. The number of aryl methyl sites for hydroxylation is 1. The van der Waals surface area contributed by atoms with E-state index in [9.17, 15) is 4.79 Å². The monoisotopic (exact) mass is 393 g/mol. The van der Waals surface area contributed by atoms with E-state index in [1.54, 1.807) is 6.08 Å². The van der Waals surface area contributed by atoms with Gasteiger partial charge >= 0.3 is 0 Å². The van der Waals surface area contributed by atoms with Gasteiger partial charge in [-0.1, -0.05) is 90.9 Å². The molecule has 2 nitrogen and oxygen atoms in total. The molecular weight excluding hydrogens is 366 g/mol. The first-order chi connectivity index (χ1) is 14.6. The topological polar surface area (TPSA) is 29.1 Å².